The van der Waals surface area contributed by atoms with E-state index in [9.17, 15) is 0 Å². The van der Waals surface area contributed by atoms with Crippen LogP contribution in [-0.4, -0.2) is 69.5 Å². The highest BCUT2D eigenvalue weighted by Gasteiger charge is 2.46. The maximum atomic E-state index is 6.79. The summed E-state index contributed by atoms with van der Waals surface area (Å²) in [4.78, 5) is 2.60. The van der Waals surface area contributed by atoms with Crippen molar-refractivity contribution >= 4 is 0 Å². The van der Waals surface area contributed by atoms with Crippen molar-refractivity contribution in [3.05, 3.63) is 0 Å². The number of ether oxygens (including phenoxy) is 4. The molecule has 5 nitrogen and oxygen atoms in total. The summed E-state index contributed by atoms with van der Waals surface area (Å²) in [6.07, 6.45) is 17.6. The van der Waals surface area contributed by atoms with Gasteiger partial charge in [-0.3, -0.25) is 4.90 Å². The molecule has 7 atom stereocenters. The third kappa shape index (κ3) is 9.25. The number of hydrogen-bond acceptors (Lipinski definition) is 5. The minimum Gasteiger partial charge on any atom is -0.380 e. The molecule has 0 aromatic heterocycles. The van der Waals surface area contributed by atoms with Crippen LogP contribution in [0, 0.1) is 17.8 Å². The molecule has 0 spiro atoms. The van der Waals surface area contributed by atoms with Gasteiger partial charge < -0.3 is 18.9 Å². The van der Waals surface area contributed by atoms with Gasteiger partial charge in [-0.05, 0) is 75.7 Å². The van der Waals surface area contributed by atoms with Gasteiger partial charge in [0.1, 0.15) is 6.10 Å². The van der Waals surface area contributed by atoms with Crippen LogP contribution >= 0.6 is 0 Å². The molecule has 3 heterocycles. The Bertz CT molecular complexity index is 575. The number of methoxy groups -OCH3 is 2. The Hall–Kier alpha value is -0.200. The van der Waals surface area contributed by atoms with Crippen molar-refractivity contribution < 1.29 is 18.9 Å². The molecule has 0 N–H and O–H groups in total. The van der Waals surface area contributed by atoms with E-state index >= 15 is 0 Å². The number of fused-ring (bicyclic) bond motifs is 3. The summed E-state index contributed by atoms with van der Waals surface area (Å²) < 4.78 is 25.4. The third-order valence-electron chi connectivity index (χ3n) is 9.08. The van der Waals surface area contributed by atoms with Gasteiger partial charge >= 0.3 is 0 Å². The Morgan fingerprint density at radius 3 is 2.26 bits per heavy atom. The minimum atomic E-state index is -0.635. The zero-order valence-electron chi connectivity index (χ0n) is 23.8. The van der Waals surface area contributed by atoms with E-state index < -0.39 is 5.79 Å². The summed E-state index contributed by atoms with van der Waals surface area (Å²) in [5.74, 6) is 1.59. The van der Waals surface area contributed by atoms with E-state index in [0.29, 0.717) is 12.0 Å². The first-order valence-corrected chi connectivity index (χ1v) is 15.0. The second-order valence-electron chi connectivity index (χ2n) is 12.3. The second kappa shape index (κ2) is 15.3. The fourth-order valence-corrected chi connectivity index (χ4v) is 6.84. The lowest BCUT2D eigenvalue weighted by Gasteiger charge is -2.47. The van der Waals surface area contributed by atoms with Crippen LogP contribution in [0.4, 0.5) is 0 Å². The van der Waals surface area contributed by atoms with Gasteiger partial charge in [0.05, 0.1) is 12.7 Å². The molecule has 0 saturated carbocycles. The molecule has 3 fully saturated rings. The smallest absolute Gasteiger partial charge is 0.195 e. The van der Waals surface area contributed by atoms with Gasteiger partial charge in [0.2, 0.25) is 0 Å². The van der Waals surface area contributed by atoms with Crippen molar-refractivity contribution in [2.75, 3.05) is 40.5 Å². The van der Waals surface area contributed by atoms with E-state index in [1.165, 1.54) is 64.2 Å². The van der Waals surface area contributed by atoms with E-state index in [1.54, 1.807) is 0 Å². The van der Waals surface area contributed by atoms with Gasteiger partial charge in [0.25, 0.3) is 0 Å². The molecular weight excluding hydrogens is 438 g/mol. The van der Waals surface area contributed by atoms with Crippen LogP contribution in [0.1, 0.15) is 111 Å². The molecule has 206 valence electrons. The predicted molar refractivity (Wildman–Crippen MR) is 144 cm³/mol. The van der Waals surface area contributed by atoms with Crippen molar-refractivity contribution in [1.82, 2.24) is 4.90 Å². The van der Waals surface area contributed by atoms with Crippen LogP contribution < -0.4 is 0 Å². The molecular formula is C30H57NO4. The molecule has 0 aromatic carbocycles. The van der Waals surface area contributed by atoms with Crippen LogP contribution in [-0.2, 0) is 18.9 Å². The van der Waals surface area contributed by atoms with Crippen molar-refractivity contribution in [2.45, 2.75) is 135 Å². The van der Waals surface area contributed by atoms with E-state index in [1.807, 2.05) is 14.2 Å². The van der Waals surface area contributed by atoms with Crippen molar-refractivity contribution in [3.8, 4) is 0 Å². The monoisotopic (exact) mass is 495 g/mol. The van der Waals surface area contributed by atoms with Gasteiger partial charge in [0, 0.05) is 39.8 Å². The predicted octanol–water partition coefficient (Wildman–Crippen LogP) is 6.83. The lowest BCUT2D eigenvalue weighted by Crippen LogP contribution is -2.58. The van der Waals surface area contributed by atoms with Crippen molar-refractivity contribution in [3.63, 3.8) is 0 Å². The maximum Gasteiger partial charge on any atom is 0.195 e. The summed E-state index contributed by atoms with van der Waals surface area (Å²) >= 11 is 0. The van der Waals surface area contributed by atoms with E-state index in [2.05, 4.69) is 25.7 Å². The molecule has 3 rings (SSSR count). The van der Waals surface area contributed by atoms with Crippen molar-refractivity contribution in [2.24, 2.45) is 17.8 Å². The summed E-state index contributed by atoms with van der Waals surface area (Å²) in [7, 11) is 3.65. The highest BCUT2D eigenvalue weighted by molar-refractivity contribution is 4.90. The normalized spacial score (nSPS) is 40.4. The fraction of sp³-hybridized carbons (Fsp3) is 1.00. The number of rotatable bonds is 2. The first-order chi connectivity index (χ1) is 17.0. The highest BCUT2D eigenvalue weighted by atomic mass is 16.7. The average Bonchev–Trinajstić information content (AvgIpc) is 2.86. The number of hydrogen-bond donors (Lipinski definition) is 0. The molecule has 2 bridgehead atoms. The van der Waals surface area contributed by atoms with Gasteiger partial charge in [0.15, 0.2) is 5.79 Å². The van der Waals surface area contributed by atoms with Gasteiger partial charge in [-0.25, -0.2) is 0 Å². The van der Waals surface area contributed by atoms with E-state index in [0.717, 1.165) is 63.8 Å². The molecule has 0 aromatic rings. The second-order valence-corrected chi connectivity index (χ2v) is 12.3. The standard InChI is InChI=1S/C30H57NO4/c1-24-12-7-6-8-13-26(3)22-34-23-27-14-9-10-19-31(27)21-29(32-4)30(33-5)18-11-15-28(35-30)17-16-25(2)20-24/h24-29H,6-23H2,1-5H3. The zero-order valence-corrected chi connectivity index (χ0v) is 23.8. The molecule has 0 aliphatic carbocycles. The summed E-state index contributed by atoms with van der Waals surface area (Å²) in [6.45, 7) is 10.9. The van der Waals surface area contributed by atoms with Crippen molar-refractivity contribution in [1.29, 1.82) is 0 Å². The van der Waals surface area contributed by atoms with Gasteiger partial charge in [-0.1, -0.05) is 52.9 Å². The molecule has 0 amide bonds. The number of nitrogens with zero attached hydrogens (tertiary/aromatic N) is 1. The summed E-state index contributed by atoms with van der Waals surface area (Å²) in [6, 6.07) is 0.471. The van der Waals surface area contributed by atoms with Gasteiger partial charge in [-0.2, -0.15) is 0 Å². The van der Waals surface area contributed by atoms with Crippen LogP contribution in [0.15, 0.2) is 0 Å². The fourth-order valence-electron chi connectivity index (χ4n) is 6.84. The molecule has 3 aliphatic rings. The number of piperidine rings is 1. The Labute approximate surface area is 217 Å². The first kappa shape index (κ1) is 29.4. The molecule has 5 heteroatoms. The SMILES string of the molecule is COC1CN2CCCCC2COCC(C)CCCCCC(C)CC(C)CCC2CCCC1(OC)O2. The molecule has 3 saturated heterocycles. The van der Waals surface area contributed by atoms with E-state index in [4.69, 9.17) is 18.9 Å². The minimum absolute atomic E-state index is 0.0821. The molecule has 3 aliphatic heterocycles. The van der Waals surface area contributed by atoms with Crippen LogP contribution in [0.3, 0.4) is 0 Å². The van der Waals surface area contributed by atoms with Crippen LogP contribution in [0.5, 0.6) is 0 Å². The van der Waals surface area contributed by atoms with Crippen LogP contribution in [0.25, 0.3) is 0 Å². The quantitative estimate of drug-likeness (QED) is 0.420. The lowest BCUT2D eigenvalue weighted by molar-refractivity contribution is -0.316. The Morgan fingerprint density at radius 2 is 1.49 bits per heavy atom. The Morgan fingerprint density at radius 1 is 0.743 bits per heavy atom. The van der Waals surface area contributed by atoms with Gasteiger partial charge in [-0.15, -0.1) is 0 Å². The van der Waals surface area contributed by atoms with Crippen LogP contribution in [0.2, 0.25) is 0 Å². The topological polar surface area (TPSA) is 40.2 Å². The molecule has 7 unspecified atom stereocenters. The highest BCUT2D eigenvalue weighted by Crippen LogP contribution is 2.37. The molecule has 35 heavy (non-hydrogen) atoms. The van der Waals surface area contributed by atoms with E-state index in [-0.39, 0.29) is 12.2 Å². The maximum absolute atomic E-state index is 6.79. The summed E-state index contributed by atoms with van der Waals surface area (Å²) in [5.41, 5.74) is 0. The largest absolute Gasteiger partial charge is 0.380 e. The average molecular weight is 496 g/mol. The Kier molecular flexibility index (Phi) is 12.8. The molecule has 0 radical (unpaired) electrons. The third-order valence-corrected chi connectivity index (χ3v) is 9.08. The Balaban J connectivity index is 1.69. The lowest BCUT2D eigenvalue weighted by atomic mass is 9.87. The summed E-state index contributed by atoms with van der Waals surface area (Å²) in [5, 5.41) is 0. The first-order valence-electron chi connectivity index (χ1n) is 15.0. The zero-order chi connectivity index (χ0) is 25.1.